The van der Waals surface area contributed by atoms with Crippen molar-refractivity contribution >= 4 is 33.2 Å². The second kappa shape index (κ2) is 7.47. The van der Waals surface area contributed by atoms with E-state index in [4.69, 9.17) is 4.52 Å². The molecule has 3 rings (SSSR count). The Morgan fingerprint density at radius 3 is 2.74 bits per heavy atom. The first kappa shape index (κ1) is 15.8. The average Bonchev–Trinajstić information content (AvgIpc) is 3.25. The Kier molecular flexibility index (Phi) is 5.14. The predicted octanol–water partition coefficient (Wildman–Crippen LogP) is 3.06. The number of amides is 1. The van der Waals surface area contributed by atoms with Crippen LogP contribution < -0.4 is 5.32 Å². The van der Waals surface area contributed by atoms with Crippen molar-refractivity contribution in [3.8, 4) is 11.3 Å². The molecule has 23 heavy (non-hydrogen) atoms. The Labute approximate surface area is 145 Å². The van der Waals surface area contributed by atoms with E-state index in [0.29, 0.717) is 24.1 Å². The van der Waals surface area contributed by atoms with E-state index in [1.165, 1.54) is 11.3 Å². The van der Waals surface area contributed by atoms with Gasteiger partial charge in [-0.3, -0.25) is 4.79 Å². The molecule has 8 heteroatoms. The molecule has 0 aliphatic rings. The SMILES string of the molecule is O=C(NCCc1nnc(CBr)s1)c1cc(-c2ccccc2)on1. The van der Waals surface area contributed by atoms with Gasteiger partial charge in [0.1, 0.15) is 10.0 Å². The summed E-state index contributed by atoms with van der Waals surface area (Å²) in [6.07, 6.45) is 0.639. The molecule has 2 heterocycles. The molecule has 0 spiro atoms. The molecule has 0 aliphatic carbocycles. The van der Waals surface area contributed by atoms with Crippen molar-refractivity contribution in [2.75, 3.05) is 6.54 Å². The summed E-state index contributed by atoms with van der Waals surface area (Å²) >= 11 is 4.86. The van der Waals surface area contributed by atoms with Crippen molar-refractivity contribution in [2.45, 2.75) is 11.8 Å². The highest BCUT2D eigenvalue weighted by molar-refractivity contribution is 9.08. The van der Waals surface area contributed by atoms with Crippen molar-refractivity contribution < 1.29 is 9.32 Å². The van der Waals surface area contributed by atoms with E-state index >= 15 is 0 Å². The number of hydrogen-bond acceptors (Lipinski definition) is 6. The highest BCUT2D eigenvalue weighted by Crippen LogP contribution is 2.19. The minimum absolute atomic E-state index is 0.263. The van der Waals surface area contributed by atoms with Crippen LogP contribution in [0.2, 0.25) is 0 Å². The van der Waals surface area contributed by atoms with Crippen molar-refractivity contribution in [3.05, 3.63) is 52.1 Å². The zero-order chi connectivity index (χ0) is 16.1. The lowest BCUT2D eigenvalue weighted by atomic mass is 10.1. The van der Waals surface area contributed by atoms with Gasteiger partial charge in [0.15, 0.2) is 11.5 Å². The number of carbonyl (C=O) groups is 1. The number of hydrogen-bond donors (Lipinski definition) is 1. The van der Waals surface area contributed by atoms with Crippen molar-refractivity contribution in [2.24, 2.45) is 0 Å². The molecule has 2 aromatic heterocycles. The number of aromatic nitrogens is 3. The van der Waals surface area contributed by atoms with Gasteiger partial charge < -0.3 is 9.84 Å². The van der Waals surface area contributed by atoms with E-state index in [1.54, 1.807) is 6.07 Å². The Hall–Kier alpha value is -2.06. The summed E-state index contributed by atoms with van der Waals surface area (Å²) in [5.74, 6) is 0.308. The zero-order valence-corrected chi connectivity index (χ0v) is 14.4. The summed E-state index contributed by atoms with van der Waals surface area (Å²) in [5, 5.41) is 17.2. The standard InChI is InChI=1S/C15H13BrN4O2S/c16-9-14-19-18-13(23-14)6-7-17-15(21)11-8-12(22-20-11)10-4-2-1-3-5-10/h1-5,8H,6-7,9H2,(H,17,21). The fraction of sp³-hybridized carbons (Fsp3) is 0.200. The first-order valence-electron chi connectivity index (χ1n) is 6.94. The first-order valence-corrected chi connectivity index (χ1v) is 8.87. The highest BCUT2D eigenvalue weighted by Gasteiger charge is 2.13. The maximum Gasteiger partial charge on any atom is 0.273 e. The maximum atomic E-state index is 12.1. The van der Waals surface area contributed by atoms with E-state index in [2.05, 4.69) is 36.6 Å². The van der Waals surface area contributed by atoms with Crippen LogP contribution >= 0.6 is 27.3 Å². The third-order valence-corrected chi connectivity index (χ3v) is 4.93. The van der Waals surface area contributed by atoms with Gasteiger partial charge in [-0.2, -0.15) is 0 Å². The quantitative estimate of drug-likeness (QED) is 0.651. The van der Waals surface area contributed by atoms with Gasteiger partial charge >= 0.3 is 0 Å². The molecular formula is C15H13BrN4O2S. The van der Waals surface area contributed by atoms with E-state index in [0.717, 1.165) is 15.6 Å². The van der Waals surface area contributed by atoms with Crippen molar-refractivity contribution in [1.82, 2.24) is 20.7 Å². The molecule has 0 saturated heterocycles. The van der Waals surface area contributed by atoms with Crippen LogP contribution in [0.25, 0.3) is 11.3 Å². The minimum atomic E-state index is -0.263. The highest BCUT2D eigenvalue weighted by atomic mass is 79.9. The molecule has 0 saturated carbocycles. The van der Waals surface area contributed by atoms with Gasteiger partial charge in [0, 0.05) is 24.6 Å². The molecule has 1 amide bonds. The number of nitrogens with one attached hydrogen (secondary N) is 1. The molecule has 0 aliphatic heterocycles. The van der Waals surface area contributed by atoms with Crippen LogP contribution in [0.1, 0.15) is 20.5 Å². The Balaban J connectivity index is 1.55. The van der Waals surface area contributed by atoms with E-state index < -0.39 is 0 Å². The molecule has 0 fully saturated rings. The van der Waals surface area contributed by atoms with Gasteiger partial charge in [0.2, 0.25) is 0 Å². The summed E-state index contributed by atoms with van der Waals surface area (Å²) in [6, 6.07) is 11.2. The first-order chi connectivity index (χ1) is 11.3. The number of carbonyl (C=O) groups excluding carboxylic acids is 1. The zero-order valence-electron chi connectivity index (χ0n) is 12.0. The monoisotopic (exact) mass is 392 g/mol. The molecule has 118 valence electrons. The number of alkyl halides is 1. The minimum Gasteiger partial charge on any atom is -0.355 e. The summed E-state index contributed by atoms with van der Waals surface area (Å²) in [4.78, 5) is 12.1. The molecule has 1 aromatic carbocycles. The second-order valence-electron chi connectivity index (χ2n) is 4.67. The van der Waals surface area contributed by atoms with Gasteiger partial charge in [0.05, 0.1) is 5.33 Å². The van der Waals surface area contributed by atoms with Gasteiger partial charge in [-0.25, -0.2) is 0 Å². The third kappa shape index (κ3) is 4.02. The van der Waals surface area contributed by atoms with Gasteiger partial charge in [-0.1, -0.05) is 51.4 Å². The number of nitrogens with zero attached hydrogens (tertiary/aromatic N) is 3. The number of benzene rings is 1. The van der Waals surface area contributed by atoms with Gasteiger partial charge in [0.25, 0.3) is 5.91 Å². The van der Waals surface area contributed by atoms with Crippen LogP contribution in [0.3, 0.4) is 0 Å². The lowest BCUT2D eigenvalue weighted by molar-refractivity contribution is 0.0945. The summed E-state index contributed by atoms with van der Waals surface area (Å²) < 4.78 is 5.22. The normalized spacial score (nSPS) is 10.7. The van der Waals surface area contributed by atoms with Gasteiger partial charge in [-0.15, -0.1) is 21.5 Å². The fourth-order valence-electron chi connectivity index (χ4n) is 1.94. The third-order valence-electron chi connectivity index (χ3n) is 3.05. The molecule has 0 bridgehead atoms. The lowest BCUT2D eigenvalue weighted by Gasteiger charge is -1.99. The summed E-state index contributed by atoms with van der Waals surface area (Å²) in [6.45, 7) is 0.475. The Morgan fingerprint density at radius 2 is 2.00 bits per heavy atom. The molecular weight excluding hydrogens is 380 g/mol. The van der Waals surface area contributed by atoms with Crippen LogP contribution in [0.15, 0.2) is 40.9 Å². The Morgan fingerprint density at radius 1 is 1.22 bits per heavy atom. The predicted molar refractivity (Wildman–Crippen MR) is 90.5 cm³/mol. The average molecular weight is 393 g/mol. The smallest absolute Gasteiger partial charge is 0.273 e. The molecule has 1 N–H and O–H groups in total. The molecule has 0 radical (unpaired) electrons. The van der Waals surface area contributed by atoms with E-state index in [-0.39, 0.29) is 11.6 Å². The molecule has 6 nitrogen and oxygen atoms in total. The van der Waals surface area contributed by atoms with E-state index in [9.17, 15) is 4.79 Å². The molecule has 3 aromatic rings. The molecule has 0 atom stereocenters. The van der Waals surface area contributed by atoms with Crippen LogP contribution in [0.4, 0.5) is 0 Å². The van der Waals surface area contributed by atoms with Crippen LogP contribution in [0, 0.1) is 0 Å². The fourth-order valence-corrected chi connectivity index (χ4v) is 3.09. The van der Waals surface area contributed by atoms with Gasteiger partial charge in [-0.05, 0) is 0 Å². The number of halogens is 1. The Bertz CT molecular complexity index is 788. The summed E-state index contributed by atoms with van der Waals surface area (Å²) in [5.41, 5.74) is 1.15. The summed E-state index contributed by atoms with van der Waals surface area (Å²) in [7, 11) is 0. The van der Waals surface area contributed by atoms with E-state index in [1.807, 2.05) is 30.3 Å². The van der Waals surface area contributed by atoms with Crippen molar-refractivity contribution in [3.63, 3.8) is 0 Å². The lowest BCUT2D eigenvalue weighted by Crippen LogP contribution is -2.25. The largest absolute Gasteiger partial charge is 0.355 e. The van der Waals surface area contributed by atoms with Crippen LogP contribution in [0.5, 0.6) is 0 Å². The van der Waals surface area contributed by atoms with Crippen LogP contribution in [-0.4, -0.2) is 27.8 Å². The topological polar surface area (TPSA) is 80.9 Å². The van der Waals surface area contributed by atoms with Crippen molar-refractivity contribution in [1.29, 1.82) is 0 Å². The number of rotatable bonds is 6. The molecule has 0 unspecified atom stereocenters. The maximum absolute atomic E-state index is 12.1. The van der Waals surface area contributed by atoms with Crippen LogP contribution in [-0.2, 0) is 11.8 Å². The second-order valence-corrected chi connectivity index (χ2v) is 6.38.